The van der Waals surface area contributed by atoms with Crippen LogP contribution in [0.15, 0.2) is 90.1 Å². The Labute approximate surface area is 317 Å². The lowest BCUT2D eigenvalue weighted by molar-refractivity contribution is 0.0450. The number of benzene rings is 4. The van der Waals surface area contributed by atoms with Crippen molar-refractivity contribution in [3.63, 3.8) is 0 Å². The highest BCUT2D eigenvalue weighted by atomic mass is 16.5. The fraction of sp³-hybridized carbons (Fsp3) is 0.375. The summed E-state index contributed by atoms with van der Waals surface area (Å²) in [7, 11) is 0. The Hall–Kier alpha value is -4.90. The zero-order valence-corrected chi connectivity index (χ0v) is 33.3. The first-order chi connectivity index (χ1) is 25.6. The molecular formula is C48H53N3O2. The van der Waals surface area contributed by atoms with Gasteiger partial charge in [-0.2, -0.15) is 0 Å². The van der Waals surface area contributed by atoms with Crippen molar-refractivity contribution >= 4 is 27.7 Å². The molecular weight excluding hydrogens is 651 g/mol. The molecule has 0 fully saturated rings. The molecule has 8 rings (SSSR count). The molecule has 272 valence electrons. The van der Waals surface area contributed by atoms with E-state index in [0.29, 0.717) is 23.0 Å². The number of fused-ring (bicyclic) bond motifs is 6. The van der Waals surface area contributed by atoms with Gasteiger partial charge in [-0.1, -0.05) is 73.6 Å². The zero-order chi connectivity index (χ0) is 39.6. The molecule has 0 saturated carbocycles. The van der Waals surface area contributed by atoms with E-state index in [0.717, 1.165) is 50.1 Å². The van der Waals surface area contributed by atoms with Crippen molar-refractivity contribution in [3.8, 4) is 17.3 Å². The van der Waals surface area contributed by atoms with Crippen LogP contribution in [0.1, 0.15) is 122 Å². The van der Waals surface area contributed by atoms with Crippen LogP contribution < -0.4 is 4.74 Å². The van der Waals surface area contributed by atoms with Gasteiger partial charge in [0.15, 0.2) is 5.60 Å². The predicted octanol–water partition coefficient (Wildman–Crippen LogP) is 12.3. The molecule has 3 heterocycles. The predicted molar refractivity (Wildman–Crippen MR) is 220 cm³/mol. The SMILES string of the molecule is [2H]C1([2H])c2c(ccc(C)c2C)[C@]2(C)OC(c3cc(Oc4ccc5c6cc(C(C)(C)C)ccc6n(-c6cc(C(C)(C)C)ccn6)c5c4)cc(C(C)C)c3)=N[C@]12C. The van der Waals surface area contributed by atoms with Crippen molar-refractivity contribution < 1.29 is 12.2 Å². The van der Waals surface area contributed by atoms with Crippen LogP contribution in [-0.4, -0.2) is 21.0 Å². The maximum absolute atomic E-state index is 9.43. The third-order valence-corrected chi connectivity index (χ3v) is 11.7. The maximum Gasteiger partial charge on any atom is 0.217 e. The molecule has 0 unspecified atom stereocenters. The van der Waals surface area contributed by atoms with Crippen LogP contribution in [0, 0.1) is 13.8 Å². The molecule has 0 N–H and O–H groups in total. The zero-order valence-electron chi connectivity index (χ0n) is 35.3. The second-order valence-corrected chi connectivity index (χ2v) is 17.9. The molecule has 5 heteroatoms. The third kappa shape index (κ3) is 5.66. The number of aliphatic imine (C=N–C) groups is 1. The number of hydrogen-bond donors (Lipinski definition) is 0. The smallest absolute Gasteiger partial charge is 0.217 e. The van der Waals surface area contributed by atoms with Crippen LogP contribution in [0.25, 0.3) is 27.6 Å². The lowest BCUT2D eigenvalue weighted by atomic mass is 9.84. The highest BCUT2D eigenvalue weighted by Gasteiger charge is 2.59. The summed E-state index contributed by atoms with van der Waals surface area (Å²) in [6.07, 6.45) is 0.179. The second kappa shape index (κ2) is 11.8. The molecule has 4 aromatic carbocycles. The van der Waals surface area contributed by atoms with Crippen molar-refractivity contribution in [2.24, 2.45) is 4.99 Å². The summed E-state index contributed by atoms with van der Waals surface area (Å²) < 4.78 is 34.7. The Morgan fingerprint density at radius 1 is 0.792 bits per heavy atom. The van der Waals surface area contributed by atoms with E-state index in [1.165, 1.54) is 16.5 Å². The Balaban J connectivity index is 1.24. The molecule has 53 heavy (non-hydrogen) atoms. The van der Waals surface area contributed by atoms with Gasteiger partial charge in [0.25, 0.3) is 0 Å². The Kier molecular flexibility index (Phi) is 7.29. The molecule has 2 atom stereocenters. The Morgan fingerprint density at radius 2 is 1.53 bits per heavy atom. The number of aromatic nitrogens is 2. The first-order valence-electron chi connectivity index (χ1n) is 19.9. The molecule has 0 radical (unpaired) electrons. The first kappa shape index (κ1) is 32.7. The molecule has 1 aliphatic heterocycles. The standard InChI is InChI=1S/C48H53N3O2/c1-28(2)31-21-32(44-50-47(11)27-39-30(4)29(3)13-17-40(39)48(47,12)53-44)23-36(22-31)52-35-15-16-37-38-24-33(45(5,6)7)14-18-41(38)51(42(37)26-35)43-25-34(19-20-49-43)46(8,9)10/h13-26,28H,27H2,1-12H3/t47-,48+/m1/s1/i27D2. The largest absolute Gasteiger partial charge is 0.464 e. The lowest BCUT2D eigenvalue weighted by Crippen LogP contribution is -2.40. The molecule has 0 spiro atoms. The van der Waals surface area contributed by atoms with E-state index in [4.69, 9.17) is 19.5 Å². The summed E-state index contributed by atoms with van der Waals surface area (Å²) in [5.41, 5.74) is 7.87. The average molecular weight is 706 g/mol. The van der Waals surface area contributed by atoms with E-state index in [1.54, 1.807) is 0 Å². The van der Waals surface area contributed by atoms with Crippen LogP contribution in [0.2, 0.25) is 0 Å². The van der Waals surface area contributed by atoms with E-state index in [-0.39, 0.29) is 16.7 Å². The van der Waals surface area contributed by atoms with Crippen molar-refractivity contribution in [1.29, 1.82) is 0 Å². The summed E-state index contributed by atoms with van der Waals surface area (Å²) in [5.74, 6) is 2.87. The topological polar surface area (TPSA) is 48.6 Å². The summed E-state index contributed by atoms with van der Waals surface area (Å²) in [5, 5.41) is 2.31. The van der Waals surface area contributed by atoms with E-state index < -0.39 is 17.5 Å². The van der Waals surface area contributed by atoms with Crippen LogP contribution in [-0.2, 0) is 27.5 Å². The van der Waals surface area contributed by atoms with E-state index in [9.17, 15) is 2.74 Å². The third-order valence-electron chi connectivity index (χ3n) is 11.7. The number of pyridine rings is 1. The Bertz CT molecular complexity index is 2590. The van der Waals surface area contributed by atoms with Gasteiger partial charge in [0.05, 0.1) is 11.0 Å². The number of aryl methyl sites for hydroxylation is 1. The summed E-state index contributed by atoms with van der Waals surface area (Å²) >= 11 is 0. The van der Waals surface area contributed by atoms with Crippen molar-refractivity contribution in [3.05, 3.63) is 130 Å². The molecule has 6 aromatic rings. The van der Waals surface area contributed by atoms with Crippen LogP contribution in [0.5, 0.6) is 11.5 Å². The Morgan fingerprint density at radius 3 is 2.25 bits per heavy atom. The van der Waals surface area contributed by atoms with Gasteiger partial charge in [0, 0.05) is 43.3 Å². The molecule has 0 amide bonds. The lowest BCUT2D eigenvalue weighted by Gasteiger charge is -2.31. The van der Waals surface area contributed by atoms with Gasteiger partial charge in [0.2, 0.25) is 5.90 Å². The second-order valence-electron chi connectivity index (χ2n) is 17.9. The minimum Gasteiger partial charge on any atom is -0.464 e. The van der Waals surface area contributed by atoms with Gasteiger partial charge in [-0.3, -0.25) is 4.57 Å². The van der Waals surface area contributed by atoms with E-state index in [1.807, 2.05) is 52.1 Å². The van der Waals surface area contributed by atoms with Gasteiger partial charge in [-0.15, -0.1) is 0 Å². The average Bonchev–Trinajstić information content (AvgIpc) is 3.63. The summed E-state index contributed by atoms with van der Waals surface area (Å²) in [4.78, 5) is 10.0. The van der Waals surface area contributed by atoms with Gasteiger partial charge in [-0.25, -0.2) is 9.98 Å². The minimum absolute atomic E-state index is 0.000220. The van der Waals surface area contributed by atoms with Crippen LogP contribution in [0.3, 0.4) is 0 Å². The van der Waals surface area contributed by atoms with Crippen molar-refractivity contribution in [1.82, 2.24) is 9.55 Å². The summed E-state index contributed by atoms with van der Waals surface area (Å²) in [6.45, 7) is 25.7. The normalized spacial score (nSPS) is 21.3. The minimum atomic E-state index is -1.73. The fourth-order valence-electron chi connectivity index (χ4n) is 7.89. The van der Waals surface area contributed by atoms with Crippen LogP contribution >= 0.6 is 0 Å². The van der Waals surface area contributed by atoms with Gasteiger partial charge in [-0.05, 0) is 132 Å². The molecule has 0 bridgehead atoms. The van der Waals surface area contributed by atoms with E-state index >= 15 is 0 Å². The first-order valence-corrected chi connectivity index (χ1v) is 18.9. The number of hydrogen-bond acceptors (Lipinski definition) is 4. The molecule has 2 aromatic heterocycles. The maximum atomic E-state index is 9.43. The van der Waals surface area contributed by atoms with Gasteiger partial charge >= 0.3 is 0 Å². The highest BCUT2D eigenvalue weighted by molar-refractivity contribution is 6.10. The van der Waals surface area contributed by atoms with E-state index in [2.05, 4.69) is 121 Å². The summed E-state index contributed by atoms with van der Waals surface area (Å²) in [6, 6.07) is 27.6. The number of rotatable bonds is 5. The van der Waals surface area contributed by atoms with Crippen LogP contribution in [0.4, 0.5) is 0 Å². The number of ether oxygens (including phenoxy) is 2. The molecule has 2 aliphatic rings. The quantitative estimate of drug-likeness (QED) is 0.179. The number of nitrogens with zero attached hydrogens (tertiary/aromatic N) is 3. The van der Waals surface area contributed by atoms with Gasteiger partial charge < -0.3 is 9.47 Å². The fourth-order valence-corrected chi connectivity index (χ4v) is 7.89. The van der Waals surface area contributed by atoms with Crippen molar-refractivity contribution in [2.45, 2.75) is 117 Å². The molecule has 1 aliphatic carbocycles. The van der Waals surface area contributed by atoms with Crippen molar-refractivity contribution in [2.75, 3.05) is 0 Å². The molecule has 5 nitrogen and oxygen atoms in total. The molecule has 0 saturated heterocycles. The van der Waals surface area contributed by atoms with Gasteiger partial charge in [0.1, 0.15) is 22.9 Å². The highest BCUT2D eigenvalue weighted by Crippen LogP contribution is 2.54. The monoisotopic (exact) mass is 705 g/mol.